The monoisotopic (exact) mass is 302 g/mol. The van der Waals surface area contributed by atoms with Crippen LogP contribution in [0.3, 0.4) is 0 Å². The highest BCUT2D eigenvalue weighted by Gasteiger charge is 2.10. The molecule has 0 unspecified atom stereocenters. The molecule has 0 atom stereocenters. The van der Waals surface area contributed by atoms with Crippen LogP contribution in [0, 0.1) is 0 Å². The van der Waals surface area contributed by atoms with Crippen molar-refractivity contribution in [1.82, 2.24) is 4.98 Å². The molecule has 0 aliphatic carbocycles. The van der Waals surface area contributed by atoms with Crippen LogP contribution < -0.4 is 16.0 Å². The summed E-state index contributed by atoms with van der Waals surface area (Å²) in [5.74, 6) is 0.591. The van der Waals surface area contributed by atoms with Gasteiger partial charge in [0.15, 0.2) is 5.82 Å². The third-order valence-corrected chi connectivity index (χ3v) is 3.95. The third-order valence-electron chi connectivity index (χ3n) is 3.74. The Labute approximate surface area is 129 Å². The van der Waals surface area contributed by atoms with E-state index in [9.17, 15) is 0 Å². The fraction of sp³-hybridized carbons (Fsp3) is 0.312. The van der Waals surface area contributed by atoms with Gasteiger partial charge in [-0.1, -0.05) is 11.6 Å². The number of hydrogen-bond acceptors (Lipinski definition) is 4. The van der Waals surface area contributed by atoms with Crippen molar-refractivity contribution in [3.05, 3.63) is 41.6 Å². The highest BCUT2D eigenvalue weighted by atomic mass is 35.5. The lowest BCUT2D eigenvalue weighted by molar-refractivity contribution is 0.578. The maximum atomic E-state index is 5.90. The molecule has 3 rings (SSSR count). The molecule has 0 amide bonds. The number of rotatable bonds is 3. The van der Waals surface area contributed by atoms with Crippen LogP contribution in [0.4, 0.5) is 22.9 Å². The van der Waals surface area contributed by atoms with E-state index in [2.05, 4.69) is 27.3 Å². The number of pyridine rings is 1. The molecule has 110 valence electrons. The fourth-order valence-corrected chi connectivity index (χ4v) is 2.74. The second-order valence-electron chi connectivity index (χ2n) is 5.29. The van der Waals surface area contributed by atoms with Crippen molar-refractivity contribution in [2.24, 2.45) is 0 Å². The lowest BCUT2D eigenvalue weighted by Gasteiger charge is -2.28. The van der Waals surface area contributed by atoms with Gasteiger partial charge in [0.2, 0.25) is 0 Å². The number of nitrogens with one attached hydrogen (secondary N) is 1. The summed E-state index contributed by atoms with van der Waals surface area (Å²) >= 11 is 5.90. The number of aromatic nitrogens is 1. The first-order valence-electron chi connectivity index (χ1n) is 7.26. The Morgan fingerprint density at radius 3 is 2.43 bits per heavy atom. The van der Waals surface area contributed by atoms with E-state index in [4.69, 9.17) is 17.3 Å². The summed E-state index contributed by atoms with van der Waals surface area (Å²) in [6.07, 6.45) is 3.90. The number of nitrogens with zero attached hydrogens (tertiary/aromatic N) is 2. The highest BCUT2D eigenvalue weighted by molar-refractivity contribution is 6.29. The number of hydrogen-bond donors (Lipinski definition) is 2. The Balaban J connectivity index is 1.73. The van der Waals surface area contributed by atoms with Crippen molar-refractivity contribution < 1.29 is 0 Å². The smallest absolute Gasteiger partial charge is 0.155 e. The zero-order valence-corrected chi connectivity index (χ0v) is 12.6. The molecule has 1 aliphatic rings. The van der Waals surface area contributed by atoms with Crippen LogP contribution in [0.5, 0.6) is 0 Å². The lowest BCUT2D eigenvalue weighted by Crippen LogP contribution is -2.29. The SMILES string of the molecule is Nc1ccc(Cl)nc1Nc1ccc(N2CCCCC2)cc1. The van der Waals surface area contributed by atoms with Gasteiger partial charge in [0.1, 0.15) is 5.15 Å². The van der Waals surface area contributed by atoms with Crippen molar-refractivity contribution in [3.63, 3.8) is 0 Å². The van der Waals surface area contributed by atoms with Crippen LogP contribution >= 0.6 is 11.6 Å². The summed E-state index contributed by atoms with van der Waals surface area (Å²) < 4.78 is 0. The second-order valence-corrected chi connectivity index (χ2v) is 5.68. The van der Waals surface area contributed by atoms with Gasteiger partial charge in [0, 0.05) is 24.5 Å². The van der Waals surface area contributed by atoms with Crippen molar-refractivity contribution in [1.29, 1.82) is 0 Å². The van der Waals surface area contributed by atoms with Gasteiger partial charge in [-0.25, -0.2) is 4.98 Å². The van der Waals surface area contributed by atoms with E-state index in [1.54, 1.807) is 12.1 Å². The standard InChI is InChI=1S/C16H19ClN4/c17-15-9-8-14(18)16(20-15)19-12-4-6-13(7-5-12)21-10-2-1-3-11-21/h4-9H,1-3,10-11,18H2,(H,19,20). The molecule has 4 nitrogen and oxygen atoms in total. The summed E-state index contributed by atoms with van der Waals surface area (Å²) in [4.78, 5) is 6.63. The Kier molecular flexibility index (Phi) is 4.15. The predicted molar refractivity (Wildman–Crippen MR) is 89.4 cm³/mol. The molecule has 1 aliphatic heterocycles. The quantitative estimate of drug-likeness (QED) is 0.840. The summed E-state index contributed by atoms with van der Waals surface area (Å²) in [6.45, 7) is 2.30. The molecule has 2 heterocycles. The van der Waals surface area contributed by atoms with Gasteiger partial charge < -0.3 is 16.0 Å². The van der Waals surface area contributed by atoms with Gasteiger partial charge in [-0.15, -0.1) is 0 Å². The first-order valence-corrected chi connectivity index (χ1v) is 7.64. The molecule has 2 aromatic rings. The predicted octanol–water partition coefficient (Wildman–Crippen LogP) is 4.05. The molecule has 3 N–H and O–H groups in total. The maximum Gasteiger partial charge on any atom is 0.155 e. The van der Waals surface area contributed by atoms with Gasteiger partial charge >= 0.3 is 0 Å². The molecule has 0 radical (unpaired) electrons. The van der Waals surface area contributed by atoms with E-state index in [1.165, 1.54) is 24.9 Å². The van der Waals surface area contributed by atoms with Gasteiger partial charge in [0.05, 0.1) is 5.69 Å². The lowest BCUT2D eigenvalue weighted by atomic mass is 10.1. The van der Waals surface area contributed by atoms with E-state index in [-0.39, 0.29) is 0 Å². The maximum absolute atomic E-state index is 5.90. The molecule has 0 bridgehead atoms. The molecule has 0 spiro atoms. The van der Waals surface area contributed by atoms with Crippen molar-refractivity contribution >= 4 is 34.5 Å². The molecule has 5 heteroatoms. The molecule has 0 saturated carbocycles. The molecule has 1 aromatic heterocycles. The number of piperidine rings is 1. The molecular weight excluding hydrogens is 284 g/mol. The first-order chi connectivity index (χ1) is 10.2. The zero-order valence-electron chi connectivity index (χ0n) is 11.8. The minimum absolute atomic E-state index is 0.427. The summed E-state index contributed by atoms with van der Waals surface area (Å²) in [5, 5.41) is 3.63. The number of nitrogen functional groups attached to an aromatic ring is 1. The number of nitrogens with two attached hydrogens (primary N) is 1. The van der Waals surface area contributed by atoms with Crippen molar-refractivity contribution in [2.45, 2.75) is 19.3 Å². The molecular formula is C16H19ClN4. The van der Waals surface area contributed by atoms with E-state index in [0.717, 1.165) is 18.8 Å². The Hall–Kier alpha value is -1.94. The topological polar surface area (TPSA) is 54.2 Å². The number of halogens is 1. The van der Waals surface area contributed by atoms with Crippen LogP contribution in [0.25, 0.3) is 0 Å². The van der Waals surface area contributed by atoms with E-state index >= 15 is 0 Å². The van der Waals surface area contributed by atoms with Crippen LogP contribution in [-0.2, 0) is 0 Å². The van der Waals surface area contributed by atoms with Crippen LogP contribution in [0.15, 0.2) is 36.4 Å². The van der Waals surface area contributed by atoms with E-state index in [0.29, 0.717) is 16.7 Å². The molecule has 1 fully saturated rings. The first kappa shape index (κ1) is 14.0. The molecule has 1 aromatic carbocycles. The average molecular weight is 303 g/mol. The van der Waals surface area contributed by atoms with E-state index in [1.807, 2.05) is 12.1 Å². The van der Waals surface area contributed by atoms with Gasteiger partial charge in [0.25, 0.3) is 0 Å². The van der Waals surface area contributed by atoms with Gasteiger partial charge in [-0.05, 0) is 55.7 Å². The Morgan fingerprint density at radius 1 is 1.00 bits per heavy atom. The normalized spacial score (nSPS) is 15.0. The van der Waals surface area contributed by atoms with E-state index < -0.39 is 0 Å². The minimum atomic E-state index is 0.427. The zero-order chi connectivity index (χ0) is 14.7. The Morgan fingerprint density at radius 2 is 1.71 bits per heavy atom. The minimum Gasteiger partial charge on any atom is -0.396 e. The molecule has 21 heavy (non-hydrogen) atoms. The summed E-state index contributed by atoms with van der Waals surface area (Å²) in [7, 11) is 0. The largest absolute Gasteiger partial charge is 0.396 e. The van der Waals surface area contributed by atoms with Crippen LogP contribution in [0.1, 0.15) is 19.3 Å². The number of anilines is 4. The average Bonchev–Trinajstić information content (AvgIpc) is 2.53. The molecule has 1 saturated heterocycles. The van der Waals surface area contributed by atoms with Gasteiger partial charge in [-0.3, -0.25) is 0 Å². The summed E-state index contributed by atoms with van der Waals surface area (Å²) in [6, 6.07) is 11.8. The van der Waals surface area contributed by atoms with Crippen LogP contribution in [-0.4, -0.2) is 18.1 Å². The summed E-state index contributed by atoms with van der Waals surface area (Å²) in [5.41, 5.74) is 8.70. The number of benzene rings is 1. The second kappa shape index (κ2) is 6.22. The van der Waals surface area contributed by atoms with Gasteiger partial charge in [-0.2, -0.15) is 0 Å². The van der Waals surface area contributed by atoms with Crippen molar-refractivity contribution in [2.75, 3.05) is 29.0 Å². The Bertz CT molecular complexity index is 606. The van der Waals surface area contributed by atoms with Crippen LogP contribution in [0.2, 0.25) is 5.15 Å². The third kappa shape index (κ3) is 3.39. The highest BCUT2D eigenvalue weighted by Crippen LogP contribution is 2.26. The van der Waals surface area contributed by atoms with Crippen molar-refractivity contribution in [3.8, 4) is 0 Å². The fourth-order valence-electron chi connectivity index (χ4n) is 2.59.